The van der Waals surface area contributed by atoms with Gasteiger partial charge in [-0.25, -0.2) is 0 Å². The molecule has 2 aliphatic carbocycles. The van der Waals surface area contributed by atoms with Crippen molar-refractivity contribution in [3.63, 3.8) is 0 Å². The molecule has 0 radical (unpaired) electrons. The summed E-state index contributed by atoms with van der Waals surface area (Å²) in [6.45, 7) is 5.35. The van der Waals surface area contributed by atoms with Gasteiger partial charge in [-0.15, -0.1) is 0 Å². The third-order valence-corrected chi connectivity index (χ3v) is 7.78. The van der Waals surface area contributed by atoms with Gasteiger partial charge in [-0.3, -0.25) is 9.59 Å². The highest BCUT2D eigenvalue weighted by Crippen LogP contribution is 2.50. The molecule has 0 aromatic carbocycles. The van der Waals surface area contributed by atoms with Crippen LogP contribution < -0.4 is 0 Å². The van der Waals surface area contributed by atoms with Gasteiger partial charge in [0.05, 0.1) is 56.1 Å². The van der Waals surface area contributed by atoms with Gasteiger partial charge in [-0.1, -0.05) is 0 Å². The van der Waals surface area contributed by atoms with Crippen LogP contribution in [0.25, 0.3) is 0 Å². The normalized spacial score (nSPS) is 45.7. The van der Waals surface area contributed by atoms with E-state index in [-0.39, 0.29) is 36.3 Å². The van der Waals surface area contributed by atoms with Crippen molar-refractivity contribution in [3.05, 3.63) is 0 Å². The van der Waals surface area contributed by atoms with E-state index in [1.165, 1.54) is 0 Å². The van der Waals surface area contributed by atoms with Crippen LogP contribution in [0.2, 0.25) is 0 Å². The molecule has 0 N–H and O–H groups in total. The van der Waals surface area contributed by atoms with Crippen LogP contribution in [0.3, 0.4) is 0 Å². The summed E-state index contributed by atoms with van der Waals surface area (Å²) in [7, 11) is 0. The molecule has 5 aliphatic rings. The van der Waals surface area contributed by atoms with Gasteiger partial charge in [0, 0.05) is 5.92 Å². The zero-order chi connectivity index (χ0) is 21.6. The summed E-state index contributed by atoms with van der Waals surface area (Å²) < 4.78 is 33.8. The molecule has 2 saturated carbocycles. The third kappa shape index (κ3) is 4.92. The van der Waals surface area contributed by atoms with Crippen LogP contribution in [0.1, 0.15) is 65.2 Å². The maximum Gasteiger partial charge on any atom is 0.306 e. The molecule has 0 spiro atoms. The van der Waals surface area contributed by atoms with Crippen molar-refractivity contribution in [2.24, 2.45) is 11.8 Å². The predicted octanol–water partition coefficient (Wildman–Crippen LogP) is 2.51. The minimum Gasteiger partial charge on any atom is -0.465 e. The summed E-state index contributed by atoms with van der Waals surface area (Å²) in [4.78, 5) is 24.1. The molecule has 3 saturated heterocycles. The van der Waals surface area contributed by atoms with Crippen molar-refractivity contribution in [2.75, 3.05) is 19.8 Å². The Kier molecular flexibility index (Phi) is 5.78. The van der Waals surface area contributed by atoms with E-state index in [1.54, 1.807) is 0 Å². The van der Waals surface area contributed by atoms with Gasteiger partial charge >= 0.3 is 11.9 Å². The number of epoxide rings is 2. The Hall–Kier alpha value is -1.22. The standard InChI is InChI=1S/C23H34O8/c1-22-7-5-14(9-17(22)30-22)11-26-19(24)3-4-20(25)29-16-12-27-21(28-13-16)15-6-8-23(2)18(10-15)31-23/h14-18,21H,3-13H2,1-2H3. The topological polar surface area (TPSA) is 96.1 Å². The molecule has 0 bridgehead atoms. The molecule has 3 aliphatic heterocycles. The van der Waals surface area contributed by atoms with Gasteiger partial charge in [-0.05, 0) is 58.3 Å². The van der Waals surface area contributed by atoms with Gasteiger partial charge in [-0.2, -0.15) is 0 Å². The van der Waals surface area contributed by atoms with Gasteiger partial charge in [0.25, 0.3) is 0 Å². The number of esters is 2. The summed E-state index contributed by atoms with van der Waals surface area (Å²) in [5.41, 5.74) is 0.147. The quantitative estimate of drug-likeness (QED) is 0.442. The lowest BCUT2D eigenvalue weighted by atomic mass is 9.82. The fraction of sp³-hybridized carbons (Fsp3) is 0.913. The summed E-state index contributed by atoms with van der Waals surface area (Å²) in [6.07, 6.45) is 6.01. The lowest BCUT2D eigenvalue weighted by molar-refractivity contribution is -0.246. The van der Waals surface area contributed by atoms with Crippen LogP contribution >= 0.6 is 0 Å². The van der Waals surface area contributed by atoms with Crippen molar-refractivity contribution in [1.82, 2.24) is 0 Å². The van der Waals surface area contributed by atoms with Gasteiger partial charge in [0.1, 0.15) is 6.10 Å². The minimum atomic E-state index is -0.430. The van der Waals surface area contributed by atoms with Gasteiger partial charge in [0.2, 0.25) is 0 Å². The molecule has 0 amide bonds. The molecular formula is C23H34O8. The molecule has 5 fully saturated rings. The van der Waals surface area contributed by atoms with E-state index in [0.29, 0.717) is 43.9 Å². The number of hydrogen-bond acceptors (Lipinski definition) is 8. The van der Waals surface area contributed by atoms with E-state index in [9.17, 15) is 9.59 Å². The fourth-order valence-corrected chi connectivity index (χ4v) is 5.36. The first-order chi connectivity index (χ1) is 14.8. The van der Waals surface area contributed by atoms with E-state index in [0.717, 1.165) is 38.5 Å². The number of ether oxygens (including phenoxy) is 6. The lowest BCUT2D eigenvalue weighted by Gasteiger charge is -2.35. The second-order valence-corrected chi connectivity index (χ2v) is 10.3. The molecular weight excluding hydrogens is 404 g/mol. The van der Waals surface area contributed by atoms with Gasteiger partial charge < -0.3 is 28.4 Å². The van der Waals surface area contributed by atoms with E-state index in [2.05, 4.69) is 13.8 Å². The van der Waals surface area contributed by atoms with Crippen LogP contribution in [-0.4, -0.2) is 67.6 Å². The molecule has 8 heteroatoms. The molecule has 0 aromatic rings. The first kappa shape index (κ1) is 21.6. The highest BCUT2D eigenvalue weighted by atomic mass is 16.7. The van der Waals surface area contributed by atoms with E-state index < -0.39 is 12.1 Å². The molecule has 0 aromatic heterocycles. The number of carbonyl (C=O) groups excluding carboxylic acids is 2. The molecule has 6 atom stereocenters. The Balaban J connectivity index is 0.939. The Labute approximate surface area is 183 Å². The van der Waals surface area contributed by atoms with Crippen LogP contribution in [0.15, 0.2) is 0 Å². The molecule has 5 rings (SSSR count). The largest absolute Gasteiger partial charge is 0.465 e. The van der Waals surface area contributed by atoms with E-state index in [4.69, 9.17) is 28.4 Å². The summed E-state index contributed by atoms with van der Waals surface area (Å²) in [5, 5.41) is 0. The zero-order valence-corrected chi connectivity index (χ0v) is 18.5. The maximum atomic E-state index is 12.1. The second kappa shape index (κ2) is 8.28. The molecule has 6 unspecified atom stereocenters. The summed E-state index contributed by atoms with van der Waals surface area (Å²) >= 11 is 0. The third-order valence-electron chi connectivity index (χ3n) is 7.78. The highest BCUT2D eigenvalue weighted by Gasteiger charge is 2.57. The van der Waals surface area contributed by atoms with Crippen LogP contribution in [-0.2, 0) is 38.0 Å². The van der Waals surface area contributed by atoms with Crippen molar-refractivity contribution in [2.45, 2.75) is 101 Å². The number of hydrogen-bond donors (Lipinski definition) is 0. The monoisotopic (exact) mass is 438 g/mol. The first-order valence-electron chi connectivity index (χ1n) is 11.8. The smallest absolute Gasteiger partial charge is 0.306 e. The Bertz CT molecular complexity index is 704. The SMILES string of the molecule is CC12CCC(COC(=O)CCC(=O)OC3COC(C4CCC5(C)OC5C4)OC3)CC1O2. The second-order valence-electron chi connectivity index (χ2n) is 10.3. The average Bonchev–Trinajstić information content (AvgIpc) is 3.63. The number of fused-ring (bicyclic) bond motifs is 2. The van der Waals surface area contributed by atoms with Crippen molar-refractivity contribution in [1.29, 1.82) is 0 Å². The fourth-order valence-electron chi connectivity index (χ4n) is 5.36. The minimum absolute atomic E-state index is 0.00740. The molecule has 3 heterocycles. The maximum absolute atomic E-state index is 12.1. The van der Waals surface area contributed by atoms with Crippen LogP contribution in [0.5, 0.6) is 0 Å². The summed E-state index contributed by atoms with van der Waals surface area (Å²) in [6, 6.07) is 0. The Morgan fingerprint density at radius 2 is 1.55 bits per heavy atom. The highest BCUT2D eigenvalue weighted by molar-refractivity contribution is 5.77. The summed E-state index contributed by atoms with van der Waals surface area (Å²) in [5.74, 6) is -0.0984. The molecule has 31 heavy (non-hydrogen) atoms. The first-order valence-corrected chi connectivity index (χ1v) is 11.8. The van der Waals surface area contributed by atoms with Crippen molar-refractivity contribution in [3.8, 4) is 0 Å². The van der Waals surface area contributed by atoms with Crippen LogP contribution in [0.4, 0.5) is 0 Å². The van der Waals surface area contributed by atoms with Gasteiger partial charge in [0.15, 0.2) is 6.29 Å². The zero-order valence-electron chi connectivity index (χ0n) is 18.5. The molecule has 174 valence electrons. The number of carbonyl (C=O) groups is 2. The Morgan fingerprint density at radius 3 is 2.23 bits per heavy atom. The van der Waals surface area contributed by atoms with Crippen molar-refractivity contribution >= 4 is 11.9 Å². The predicted molar refractivity (Wildman–Crippen MR) is 107 cm³/mol. The average molecular weight is 439 g/mol. The van der Waals surface area contributed by atoms with Crippen LogP contribution in [0, 0.1) is 11.8 Å². The Morgan fingerprint density at radius 1 is 0.903 bits per heavy atom. The van der Waals surface area contributed by atoms with E-state index >= 15 is 0 Å². The van der Waals surface area contributed by atoms with Crippen molar-refractivity contribution < 1.29 is 38.0 Å². The molecule has 8 nitrogen and oxygen atoms in total. The van der Waals surface area contributed by atoms with E-state index in [1.807, 2.05) is 0 Å². The number of rotatable bonds is 7. The lowest BCUT2D eigenvalue weighted by Crippen LogP contribution is -2.43.